The fourth-order valence-corrected chi connectivity index (χ4v) is 1.96. The van der Waals surface area contributed by atoms with Crippen LogP contribution in [-0.2, 0) is 6.54 Å². The molecule has 2 aromatic heterocycles. The molecule has 5 nitrogen and oxygen atoms in total. The van der Waals surface area contributed by atoms with Crippen molar-refractivity contribution in [3.05, 3.63) is 65.2 Å². The van der Waals surface area contributed by atoms with Crippen molar-refractivity contribution in [3.63, 3.8) is 0 Å². The van der Waals surface area contributed by atoms with Crippen LogP contribution in [0.1, 0.15) is 0 Å². The van der Waals surface area contributed by atoms with Gasteiger partial charge in [0.1, 0.15) is 18.2 Å². The van der Waals surface area contributed by atoms with E-state index in [0.717, 1.165) is 0 Å². The molecular weight excluding hydrogens is 273 g/mol. The molecule has 6 heteroatoms. The van der Waals surface area contributed by atoms with Crippen LogP contribution in [0.25, 0.3) is 10.9 Å². The number of nitrogens with zero attached hydrogens (tertiary/aromatic N) is 3. The van der Waals surface area contributed by atoms with Crippen molar-refractivity contribution in [3.8, 4) is 5.75 Å². The number of benzene rings is 1. The molecule has 2 heterocycles. The van der Waals surface area contributed by atoms with Crippen molar-refractivity contribution in [2.75, 3.05) is 6.61 Å². The van der Waals surface area contributed by atoms with Crippen LogP contribution in [0.2, 0.25) is 0 Å². The molecule has 21 heavy (non-hydrogen) atoms. The molecule has 0 saturated heterocycles. The number of rotatable bonds is 4. The third kappa shape index (κ3) is 2.89. The number of fused-ring (bicyclic) bond motifs is 1. The van der Waals surface area contributed by atoms with E-state index >= 15 is 0 Å². The fourth-order valence-electron chi connectivity index (χ4n) is 1.96. The molecule has 0 aliphatic rings. The third-order valence-electron chi connectivity index (χ3n) is 3.04. The summed E-state index contributed by atoms with van der Waals surface area (Å²) in [6, 6.07) is 7.42. The monoisotopic (exact) mass is 285 g/mol. The molecule has 3 aromatic rings. The summed E-state index contributed by atoms with van der Waals surface area (Å²) in [5.41, 5.74) is 0.460. The summed E-state index contributed by atoms with van der Waals surface area (Å²) in [7, 11) is 0. The van der Waals surface area contributed by atoms with Gasteiger partial charge in [-0.05, 0) is 30.3 Å². The van der Waals surface area contributed by atoms with Crippen LogP contribution in [0.15, 0.2) is 53.8 Å². The van der Waals surface area contributed by atoms with Gasteiger partial charge in [-0.2, -0.15) is 0 Å². The van der Waals surface area contributed by atoms with Gasteiger partial charge >= 0.3 is 0 Å². The Morgan fingerprint density at radius 2 is 2.00 bits per heavy atom. The first-order valence-electron chi connectivity index (χ1n) is 6.41. The molecule has 0 aliphatic heterocycles. The zero-order valence-electron chi connectivity index (χ0n) is 11.1. The van der Waals surface area contributed by atoms with Gasteiger partial charge in [-0.25, -0.2) is 9.37 Å². The summed E-state index contributed by atoms with van der Waals surface area (Å²) >= 11 is 0. The van der Waals surface area contributed by atoms with E-state index < -0.39 is 0 Å². The van der Waals surface area contributed by atoms with Gasteiger partial charge in [0, 0.05) is 12.4 Å². The van der Waals surface area contributed by atoms with Crippen LogP contribution in [-0.4, -0.2) is 21.1 Å². The SMILES string of the molecule is O=c1c2cnccc2ncn1CCOc1ccc(F)cc1. The molecule has 0 amide bonds. The quantitative estimate of drug-likeness (QED) is 0.736. The maximum absolute atomic E-state index is 12.8. The summed E-state index contributed by atoms with van der Waals surface area (Å²) in [5, 5.41) is 0.474. The van der Waals surface area contributed by atoms with Gasteiger partial charge in [0.2, 0.25) is 0 Å². The molecule has 1 aromatic carbocycles. The van der Waals surface area contributed by atoms with E-state index in [1.807, 2.05) is 0 Å². The Balaban J connectivity index is 1.72. The molecule has 106 valence electrons. The predicted molar refractivity (Wildman–Crippen MR) is 75.7 cm³/mol. The Kier molecular flexibility index (Phi) is 3.59. The average molecular weight is 285 g/mol. The van der Waals surface area contributed by atoms with Crippen molar-refractivity contribution in [2.24, 2.45) is 0 Å². The average Bonchev–Trinajstić information content (AvgIpc) is 2.52. The van der Waals surface area contributed by atoms with Gasteiger partial charge < -0.3 is 4.74 Å². The molecule has 0 atom stereocenters. The zero-order chi connectivity index (χ0) is 14.7. The van der Waals surface area contributed by atoms with E-state index in [1.165, 1.54) is 29.2 Å². The zero-order valence-corrected chi connectivity index (χ0v) is 11.1. The number of pyridine rings is 1. The van der Waals surface area contributed by atoms with Crippen LogP contribution < -0.4 is 10.3 Å². The molecule has 0 radical (unpaired) electrons. The van der Waals surface area contributed by atoms with Crippen molar-refractivity contribution in [1.82, 2.24) is 14.5 Å². The molecule has 0 spiro atoms. The molecule has 0 fully saturated rings. The van der Waals surface area contributed by atoms with Gasteiger partial charge in [-0.1, -0.05) is 0 Å². The van der Waals surface area contributed by atoms with Crippen LogP contribution in [0.4, 0.5) is 4.39 Å². The van der Waals surface area contributed by atoms with Crippen LogP contribution in [0, 0.1) is 5.82 Å². The lowest BCUT2D eigenvalue weighted by molar-refractivity contribution is 0.295. The highest BCUT2D eigenvalue weighted by Gasteiger charge is 2.04. The highest BCUT2D eigenvalue weighted by Crippen LogP contribution is 2.11. The number of ether oxygens (including phenoxy) is 1. The van der Waals surface area contributed by atoms with E-state index in [1.54, 1.807) is 24.4 Å². The Hall–Kier alpha value is -2.76. The maximum atomic E-state index is 12.8. The molecular formula is C15H12FN3O2. The van der Waals surface area contributed by atoms with E-state index in [0.29, 0.717) is 29.8 Å². The number of hydrogen-bond acceptors (Lipinski definition) is 4. The number of hydrogen-bond donors (Lipinski definition) is 0. The normalized spacial score (nSPS) is 10.7. The minimum atomic E-state index is -0.315. The van der Waals surface area contributed by atoms with Gasteiger partial charge in [-0.15, -0.1) is 0 Å². The Morgan fingerprint density at radius 1 is 1.19 bits per heavy atom. The second kappa shape index (κ2) is 5.70. The van der Waals surface area contributed by atoms with Crippen LogP contribution in [0.5, 0.6) is 5.75 Å². The Morgan fingerprint density at radius 3 is 2.81 bits per heavy atom. The first kappa shape index (κ1) is 13.2. The molecule has 0 N–H and O–H groups in total. The van der Waals surface area contributed by atoms with Crippen LogP contribution in [0.3, 0.4) is 0 Å². The summed E-state index contributed by atoms with van der Waals surface area (Å²) in [6.45, 7) is 0.646. The predicted octanol–water partition coefficient (Wildman–Crippen LogP) is 2.01. The first-order chi connectivity index (χ1) is 10.2. The van der Waals surface area contributed by atoms with Gasteiger partial charge in [-0.3, -0.25) is 14.3 Å². The molecule has 0 bridgehead atoms. The second-order valence-electron chi connectivity index (χ2n) is 4.44. The first-order valence-corrected chi connectivity index (χ1v) is 6.41. The summed E-state index contributed by atoms with van der Waals surface area (Å²) in [4.78, 5) is 20.3. The number of aromatic nitrogens is 3. The van der Waals surface area contributed by atoms with Crippen LogP contribution >= 0.6 is 0 Å². The minimum Gasteiger partial charge on any atom is -0.492 e. The number of halogens is 1. The molecule has 0 aliphatic carbocycles. The second-order valence-corrected chi connectivity index (χ2v) is 4.44. The highest BCUT2D eigenvalue weighted by atomic mass is 19.1. The van der Waals surface area contributed by atoms with E-state index in [-0.39, 0.29) is 11.4 Å². The van der Waals surface area contributed by atoms with E-state index in [4.69, 9.17) is 4.74 Å². The minimum absolute atomic E-state index is 0.157. The smallest absolute Gasteiger partial charge is 0.262 e. The lowest BCUT2D eigenvalue weighted by Crippen LogP contribution is -2.23. The van der Waals surface area contributed by atoms with E-state index in [9.17, 15) is 9.18 Å². The fraction of sp³-hybridized carbons (Fsp3) is 0.133. The van der Waals surface area contributed by atoms with Crippen molar-refractivity contribution in [1.29, 1.82) is 0 Å². The van der Waals surface area contributed by atoms with E-state index in [2.05, 4.69) is 9.97 Å². The summed E-state index contributed by atoms with van der Waals surface area (Å²) in [6.07, 6.45) is 4.58. The topological polar surface area (TPSA) is 57.0 Å². The Bertz CT molecular complexity index is 815. The molecule has 3 rings (SSSR count). The van der Waals surface area contributed by atoms with Crippen molar-refractivity contribution < 1.29 is 9.13 Å². The molecule has 0 unspecified atom stereocenters. The summed E-state index contributed by atoms with van der Waals surface area (Å²) in [5.74, 6) is 0.240. The van der Waals surface area contributed by atoms with Gasteiger partial charge in [0.15, 0.2) is 0 Å². The molecule has 0 saturated carbocycles. The van der Waals surface area contributed by atoms with Crippen molar-refractivity contribution in [2.45, 2.75) is 6.54 Å². The largest absolute Gasteiger partial charge is 0.492 e. The van der Waals surface area contributed by atoms with Gasteiger partial charge in [0.25, 0.3) is 5.56 Å². The lowest BCUT2D eigenvalue weighted by Gasteiger charge is -2.08. The lowest BCUT2D eigenvalue weighted by atomic mass is 10.3. The summed E-state index contributed by atoms with van der Waals surface area (Å²) < 4.78 is 19.7. The standard InChI is InChI=1S/C15H12FN3O2/c16-11-1-3-12(4-2-11)21-8-7-19-10-18-14-5-6-17-9-13(14)15(19)20/h1-6,9-10H,7-8H2. The maximum Gasteiger partial charge on any atom is 0.262 e. The van der Waals surface area contributed by atoms with Crippen molar-refractivity contribution >= 4 is 10.9 Å². The third-order valence-corrected chi connectivity index (χ3v) is 3.04. The Labute approximate surface area is 119 Å². The van der Waals surface area contributed by atoms with Gasteiger partial charge in [0.05, 0.1) is 23.8 Å². The highest BCUT2D eigenvalue weighted by molar-refractivity contribution is 5.75.